The number of rotatable bonds is 7. The number of anilines is 1. The van der Waals surface area contributed by atoms with E-state index >= 15 is 0 Å². The predicted octanol–water partition coefficient (Wildman–Crippen LogP) is 1.21. The summed E-state index contributed by atoms with van der Waals surface area (Å²) in [5, 5.41) is 17.2. The van der Waals surface area contributed by atoms with E-state index in [9.17, 15) is 8.42 Å². The summed E-state index contributed by atoms with van der Waals surface area (Å²) < 4.78 is 23.1. The lowest BCUT2D eigenvalue weighted by Crippen LogP contribution is -2.21. The summed E-state index contributed by atoms with van der Waals surface area (Å²) >= 11 is 1.31. The maximum atomic E-state index is 11.6. The fraction of sp³-hybridized carbons (Fsp3) is 0.286. The highest BCUT2D eigenvalue weighted by Gasteiger charge is 2.15. The number of nitrogens with one attached hydrogen (secondary N) is 1. The highest BCUT2D eigenvalue weighted by atomic mass is 32.2. The Morgan fingerprint density at radius 2 is 2.00 bits per heavy atom. The molecule has 0 fully saturated rings. The molecule has 124 valence electrons. The molecular formula is C14H18N4O3S2. The molecule has 4 N–H and O–H groups in total. The number of aliphatic hydroxyl groups excluding tert-OH is 1. The highest BCUT2D eigenvalue weighted by molar-refractivity contribution is 7.98. The molecule has 0 aliphatic carbocycles. The number of aliphatic hydroxyl groups is 1. The zero-order valence-corrected chi connectivity index (χ0v) is 14.1. The van der Waals surface area contributed by atoms with Crippen molar-refractivity contribution in [2.45, 2.75) is 28.9 Å². The van der Waals surface area contributed by atoms with E-state index in [0.29, 0.717) is 16.7 Å². The molecular weight excluding hydrogens is 336 g/mol. The van der Waals surface area contributed by atoms with Crippen molar-refractivity contribution in [1.29, 1.82) is 0 Å². The normalized spacial score (nSPS) is 12.8. The van der Waals surface area contributed by atoms with E-state index in [0.717, 1.165) is 5.56 Å². The van der Waals surface area contributed by atoms with E-state index in [1.165, 1.54) is 17.8 Å². The monoisotopic (exact) mass is 354 g/mol. The first-order chi connectivity index (χ1) is 10.9. The van der Waals surface area contributed by atoms with Gasteiger partial charge in [-0.15, -0.1) is 0 Å². The maximum absolute atomic E-state index is 11.6. The summed E-state index contributed by atoms with van der Waals surface area (Å²) in [6.45, 7) is 1.64. The van der Waals surface area contributed by atoms with Crippen LogP contribution in [-0.4, -0.2) is 36.1 Å². The number of aromatic nitrogens is 2. The van der Waals surface area contributed by atoms with Crippen LogP contribution in [0.4, 0.5) is 5.82 Å². The number of benzene rings is 1. The summed E-state index contributed by atoms with van der Waals surface area (Å²) in [5.41, 5.74) is 1.07. The largest absolute Gasteiger partial charge is 0.394 e. The number of primary sulfonamides is 1. The number of nitrogens with zero attached hydrogens (tertiary/aromatic N) is 2. The van der Waals surface area contributed by atoms with Gasteiger partial charge < -0.3 is 10.4 Å². The van der Waals surface area contributed by atoms with Crippen molar-refractivity contribution in [3.05, 3.63) is 42.0 Å². The molecule has 23 heavy (non-hydrogen) atoms. The first kappa shape index (κ1) is 17.7. The third-order valence-electron chi connectivity index (χ3n) is 2.85. The van der Waals surface area contributed by atoms with Crippen LogP contribution in [0, 0.1) is 0 Å². The van der Waals surface area contributed by atoms with Crippen molar-refractivity contribution in [1.82, 2.24) is 9.97 Å². The minimum atomic E-state index is -3.94. The van der Waals surface area contributed by atoms with Crippen molar-refractivity contribution >= 4 is 27.6 Å². The molecule has 0 saturated heterocycles. The molecule has 0 bridgehead atoms. The van der Waals surface area contributed by atoms with Gasteiger partial charge in [-0.1, -0.05) is 42.1 Å². The van der Waals surface area contributed by atoms with Gasteiger partial charge in [-0.25, -0.2) is 23.5 Å². The van der Waals surface area contributed by atoms with Crippen molar-refractivity contribution in [3.8, 4) is 0 Å². The van der Waals surface area contributed by atoms with Crippen LogP contribution in [-0.2, 0) is 15.8 Å². The molecule has 0 unspecified atom stereocenters. The molecule has 9 heteroatoms. The molecule has 1 atom stereocenters. The summed E-state index contributed by atoms with van der Waals surface area (Å²) in [5.74, 6) is 0.908. The topological polar surface area (TPSA) is 118 Å². The Morgan fingerprint density at radius 3 is 2.61 bits per heavy atom. The molecule has 0 spiro atoms. The number of nitrogens with two attached hydrogens (primary N) is 1. The standard InChI is InChI=1S/C14H18N4O3S2/c1-10(8-19)16-12-7-13(23(15,20)21)18-14(17-12)22-9-11-5-3-2-4-6-11/h2-7,10,19H,8-9H2,1H3,(H2,15,20,21)(H,16,17,18)/t10-/m1/s1. The lowest BCUT2D eigenvalue weighted by Gasteiger charge is -2.13. The van der Waals surface area contributed by atoms with Gasteiger partial charge in [-0.05, 0) is 12.5 Å². The lowest BCUT2D eigenvalue weighted by molar-refractivity contribution is 0.281. The van der Waals surface area contributed by atoms with Gasteiger partial charge in [0.05, 0.1) is 6.61 Å². The van der Waals surface area contributed by atoms with E-state index < -0.39 is 10.0 Å². The third kappa shape index (κ3) is 5.47. The Bertz CT molecular complexity index is 754. The summed E-state index contributed by atoms with van der Waals surface area (Å²) in [7, 11) is -3.94. The van der Waals surface area contributed by atoms with Crippen LogP contribution in [0.15, 0.2) is 46.6 Å². The zero-order valence-electron chi connectivity index (χ0n) is 12.5. The molecule has 0 saturated carbocycles. The van der Waals surface area contributed by atoms with Crippen LogP contribution in [0.5, 0.6) is 0 Å². The fourth-order valence-electron chi connectivity index (χ4n) is 1.71. The van der Waals surface area contributed by atoms with Crippen LogP contribution in [0.3, 0.4) is 0 Å². The van der Waals surface area contributed by atoms with E-state index in [1.54, 1.807) is 6.92 Å². The molecule has 7 nitrogen and oxygen atoms in total. The molecule has 0 aliphatic heterocycles. The van der Waals surface area contributed by atoms with E-state index in [-0.39, 0.29) is 17.7 Å². The molecule has 0 amide bonds. The quantitative estimate of drug-likeness (QED) is 0.388. The van der Waals surface area contributed by atoms with E-state index in [4.69, 9.17) is 10.2 Å². The Labute approximate surface area is 139 Å². The minimum absolute atomic E-state index is 0.110. The van der Waals surface area contributed by atoms with Crippen molar-refractivity contribution in [3.63, 3.8) is 0 Å². The Morgan fingerprint density at radius 1 is 1.30 bits per heavy atom. The SMILES string of the molecule is C[C@H](CO)Nc1cc(S(N)(=O)=O)nc(SCc2ccccc2)n1. The van der Waals surface area contributed by atoms with Gasteiger partial charge in [-0.2, -0.15) is 0 Å². The van der Waals surface area contributed by atoms with E-state index in [1.807, 2.05) is 30.3 Å². The van der Waals surface area contributed by atoms with Gasteiger partial charge in [0.2, 0.25) is 0 Å². The Kier molecular flexibility index (Phi) is 5.94. The molecule has 2 aromatic rings. The average molecular weight is 354 g/mol. The number of sulfonamides is 1. The van der Waals surface area contributed by atoms with Crippen LogP contribution in [0.1, 0.15) is 12.5 Å². The fourth-order valence-corrected chi connectivity index (χ4v) is 3.07. The first-order valence-electron chi connectivity index (χ1n) is 6.84. The van der Waals surface area contributed by atoms with Gasteiger partial charge >= 0.3 is 0 Å². The second kappa shape index (κ2) is 7.73. The van der Waals surface area contributed by atoms with Crippen LogP contribution in [0.25, 0.3) is 0 Å². The Balaban J connectivity index is 2.25. The molecule has 0 aliphatic rings. The predicted molar refractivity (Wildman–Crippen MR) is 89.6 cm³/mol. The molecule has 2 rings (SSSR count). The van der Waals surface area contributed by atoms with Gasteiger partial charge in [0.1, 0.15) is 5.82 Å². The van der Waals surface area contributed by atoms with E-state index in [2.05, 4.69) is 15.3 Å². The van der Waals surface area contributed by atoms with Crippen LogP contribution < -0.4 is 10.5 Å². The molecule has 1 heterocycles. The number of hydrogen-bond acceptors (Lipinski definition) is 7. The number of thioether (sulfide) groups is 1. The summed E-state index contributed by atoms with van der Waals surface area (Å²) in [6.07, 6.45) is 0. The van der Waals surface area contributed by atoms with Crippen LogP contribution >= 0.6 is 11.8 Å². The van der Waals surface area contributed by atoms with Crippen molar-refractivity contribution in [2.24, 2.45) is 5.14 Å². The molecule has 0 radical (unpaired) electrons. The third-order valence-corrected chi connectivity index (χ3v) is 4.56. The zero-order chi connectivity index (χ0) is 16.9. The average Bonchev–Trinajstić information content (AvgIpc) is 2.53. The second-order valence-corrected chi connectivity index (χ2v) is 7.37. The Hall–Kier alpha value is -1.68. The van der Waals surface area contributed by atoms with Gasteiger partial charge in [0.15, 0.2) is 10.2 Å². The van der Waals surface area contributed by atoms with Gasteiger partial charge in [0.25, 0.3) is 10.0 Å². The van der Waals surface area contributed by atoms with Crippen molar-refractivity contribution < 1.29 is 13.5 Å². The highest BCUT2D eigenvalue weighted by Crippen LogP contribution is 2.22. The molecule has 1 aromatic heterocycles. The van der Waals surface area contributed by atoms with Gasteiger partial charge in [0, 0.05) is 17.9 Å². The van der Waals surface area contributed by atoms with Crippen LogP contribution in [0.2, 0.25) is 0 Å². The summed E-state index contributed by atoms with van der Waals surface area (Å²) in [4.78, 5) is 8.25. The van der Waals surface area contributed by atoms with Crippen molar-refractivity contribution in [2.75, 3.05) is 11.9 Å². The maximum Gasteiger partial charge on any atom is 0.255 e. The second-order valence-electron chi connectivity index (χ2n) is 4.92. The summed E-state index contributed by atoms with van der Waals surface area (Å²) in [6, 6.07) is 10.7. The smallest absolute Gasteiger partial charge is 0.255 e. The van der Waals surface area contributed by atoms with Gasteiger partial charge in [-0.3, -0.25) is 0 Å². The minimum Gasteiger partial charge on any atom is -0.394 e. The first-order valence-corrected chi connectivity index (χ1v) is 9.37. The lowest BCUT2D eigenvalue weighted by atomic mass is 10.2. The molecule has 1 aromatic carbocycles. The number of hydrogen-bond donors (Lipinski definition) is 3.